The highest BCUT2D eigenvalue weighted by atomic mass is 19.1. The van der Waals surface area contributed by atoms with Crippen molar-refractivity contribution in [3.8, 4) is 11.5 Å². The third-order valence-electron chi connectivity index (χ3n) is 2.72. The molecule has 0 saturated heterocycles. The molecule has 2 rings (SSSR count). The standard InChI is InChI=1S/C16H15FO4/c17-13-5-7-14(8-6-13)20-9-2-10-21-15-4-1-3-12(11-15)16(18)19/h1,3-8,11H,2,9-10H2,(H,18,19). The summed E-state index contributed by atoms with van der Waals surface area (Å²) in [5.74, 6) is -0.176. The van der Waals surface area contributed by atoms with Crippen LogP contribution in [0, 0.1) is 5.82 Å². The molecule has 1 N–H and O–H groups in total. The predicted molar refractivity (Wildman–Crippen MR) is 75.4 cm³/mol. The van der Waals surface area contributed by atoms with Gasteiger partial charge in [-0.2, -0.15) is 0 Å². The maximum atomic E-state index is 12.7. The Hall–Kier alpha value is -2.56. The molecule has 0 radical (unpaired) electrons. The average Bonchev–Trinajstić information content (AvgIpc) is 2.49. The molecule has 4 nitrogen and oxygen atoms in total. The molecular formula is C16H15FO4. The number of benzene rings is 2. The number of ether oxygens (including phenoxy) is 2. The number of aromatic carboxylic acids is 1. The smallest absolute Gasteiger partial charge is 0.335 e. The van der Waals surface area contributed by atoms with Gasteiger partial charge in [0.2, 0.25) is 0 Å². The summed E-state index contributed by atoms with van der Waals surface area (Å²) >= 11 is 0. The minimum Gasteiger partial charge on any atom is -0.493 e. The Morgan fingerprint density at radius 3 is 2.33 bits per heavy atom. The Kier molecular flexibility index (Phi) is 5.15. The predicted octanol–water partition coefficient (Wildman–Crippen LogP) is 3.37. The van der Waals surface area contributed by atoms with Gasteiger partial charge in [0.25, 0.3) is 0 Å². The van der Waals surface area contributed by atoms with Gasteiger partial charge < -0.3 is 14.6 Å². The van der Waals surface area contributed by atoms with Crippen molar-refractivity contribution in [3.63, 3.8) is 0 Å². The second-order valence-corrected chi connectivity index (χ2v) is 4.34. The van der Waals surface area contributed by atoms with Gasteiger partial charge in [-0.05, 0) is 42.5 Å². The van der Waals surface area contributed by atoms with Gasteiger partial charge in [0.1, 0.15) is 17.3 Å². The lowest BCUT2D eigenvalue weighted by atomic mass is 10.2. The molecule has 2 aromatic rings. The zero-order chi connectivity index (χ0) is 15.1. The lowest BCUT2D eigenvalue weighted by Crippen LogP contribution is -2.05. The van der Waals surface area contributed by atoms with Crippen LogP contribution >= 0.6 is 0 Å². The van der Waals surface area contributed by atoms with E-state index in [2.05, 4.69) is 0 Å². The van der Waals surface area contributed by atoms with E-state index in [1.54, 1.807) is 24.3 Å². The molecule has 0 aromatic heterocycles. The molecular weight excluding hydrogens is 275 g/mol. The summed E-state index contributed by atoms with van der Waals surface area (Å²) < 4.78 is 23.6. The normalized spacial score (nSPS) is 10.1. The van der Waals surface area contributed by atoms with Crippen LogP contribution in [0.15, 0.2) is 48.5 Å². The monoisotopic (exact) mass is 290 g/mol. The lowest BCUT2D eigenvalue weighted by Gasteiger charge is -2.08. The topological polar surface area (TPSA) is 55.8 Å². The van der Waals surface area contributed by atoms with Crippen LogP contribution in [-0.4, -0.2) is 24.3 Å². The second-order valence-electron chi connectivity index (χ2n) is 4.34. The van der Waals surface area contributed by atoms with E-state index < -0.39 is 5.97 Å². The van der Waals surface area contributed by atoms with Crippen LogP contribution in [0.4, 0.5) is 4.39 Å². The Morgan fingerprint density at radius 2 is 1.67 bits per heavy atom. The van der Waals surface area contributed by atoms with E-state index in [0.29, 0.717) is 31.1 Å². The van der Waals surface area contributed by atoms with E-state index in [4.69, 9.17) is 14.6 Å². The number of hydrogen-bond acceptors (Lipinski definition) is 3. The Bertz CT molecular complexity index is 595. The summed E-state index contributed by atoms with van der Waals surface area (Å²) in [6.07, 6.45) is 0.634. The first kappa shape index (κ1) is 14.8. The fourth-order valence-corrected chi connectivity index (χ4v) is 1.69. The van der Waals surface area contributed by atoms with Crippen LogP contribution < -0.4 is 9.47 Å². The van der Waals surface area contributed by atoms with E-state index >= 15 is 0 Å². The van der Waals surface area contributed by atoms with Crippen LogP contribution in [0.5, 0.6) is 11.5 Å². The molecule has 0 spiro atoms. The Labute approximate surface area is 121 Å². The van der Waals surface area contributed by atoms with E-state index in [-0.39, 0.29) is 11.4 Å². The minimum absolute atomic E-state index is 0.190. The fourth-order valence-electron chi connectivity index (χ4n) is 1.69. The first-order valence-corrected chi connectivity index (χ1v) is 6.50. The second kappa shape index (κ2) is 7.28. The molecule has 2 aromatic carbocycles. The molecule has 0 bridgehead atoms. The van der Waals surface area contributed by atoms with Crippen LogP contribution in [0.2, 0.25) is 0 Å². The maximum Gasteiger partial charge on any atom is 0.335 e. The summed E-state index contributed by atoms with van der Waals surface area (Å²) in [4.78, 5) is 10.8. The average molecular weight is 290 g/mol. The molecule has 0 atom stereocenters. The van der Waals surface area contributed by atoms with Gasteiger partial charge in [-0.15, -0.1) is 0 Å². The van der Waals surface area contributed by atoms with Crippen molar-refractivity contribution in [2.24, 2.45) is 0 Å². The van der Waals surface area contributed by atoms with E-state index in [1.807, 2.05) is 0 Å². The molecule has 0 fully saturated rings. The number of rotatable bonds is 7. The fraction of sp³-hybridized carbons (Fsp3) is 0.188. The molecule has 0 aliphatic carbocycles. The van der Waals surface area contributed by atoms with Crippen molar-refractivity contribution in [1.29, 1.82) is 0 Å². The molecule has 0 aliphatic rings. The van der Waals surface area contributed by atoms with Crippen molar-refractivity contribution < 1.29 is 23.8 Å². The van der Waals surface area contributed by atoms with E-state index in [1.165, 1.54) is 24.3 Å². The Balaban J connectivity index is 1.71. The quantitative estimate of drug-likeness (QED) is 0.794. The third kappa shape index (κ3) is 4.80. The van der Waals surface area contributed by atoms with Crippen LogP contribution in [0.3, 0.4) is 0 Å². The molecule has 5 heteroatoms. The molecule has 0 saturated carbocycles. The van der Waals surface area contributed by atoms with Crippen molar-refractivity contribution in [2.45, 2.75) is 6.42 Å². The van der Waals surface area contributed by atoms with Crippen LogP contribution in [-0.2, 0) is 0 Å². The lowest BCUT2D eigenvalue weighted by molar-refractivity contribution is 0.0696. The van der Waals surface area contributed by atoms with Crippen LogP contribution in [0.1, 0.15) is 16.8 Å². The zero-order valence-electron chi connectivity index (χ0n) is 11.3. The first-order valence-electron chi connectivity index (χ1n) is 6.50. The Morgan fingerprint density at radius 1 is 1.00 bits per heavy atom. The zero-order valence-corrected chi connectivity index (χ0v) is 11.3. The number of hydrogen-bond donors (Lipinski definition) is 1. The summed E-state index contributed by atoms with van der Waals surface area (Å²) in [5, 5.41) is 8.86. The van der Waals surface area contributed by atoms with Crippen molar-refractivity contribution >= 4 is 5.97 Å². The van der Waals surface area contributed by atoms with E-state index in [9.17, 15) is 9.18 Å². The highest BCUT2D eigenvalue weighted by Crippen LogP contribution is 2.14. The molecule has 0 unspecified atom stereocenters. The summed E-state index contributed by atoms with van der Waals surface area (Å²) in [6, 6.07) is 12.1. The van der Waals surface area contributed by atoms with Gasteiger partial charge in [-0.3, -0.25) is 0 Å². The summed E-state index contributed by atoms with van der Waals surface area (Å²) in [5.41, 5.74) is 0.190. The van der Waals surface area contributed by atoms with E-state index in [0.717, 1.165) is 0 Å². The van der Waals surface area contributed by atoms with Gasteiger partial charge in [0.15, 0.2) is 0 Å². The van der Waals surface area contributed by atoms with Gasteiger partial charge in [0.05, 0.1) is 18.8 Å². The highest BCUT2D eigenvalue weighted by Gasteiger charge is 2.03. The van der Waals surface area contributed by atoms with Crippen LogP contribution in [0.25, 0.3) is 0 Å². The van der Waals surface area contributed by atoms with Gasteiger partial charge in [0, 0.05) is 6.42 Å². The number of carboxylic acid groups (broad SMARTS) is 1. The third-order valence-corrected chi connectivity index (χ3v) is 2.72. The molecule has 0 aliphatic heterocycles. The largest absolute Gasteiger partial charge is 0.493 e. The van der Waals surface area contributed by atoms with Crippen molar-refractivity contribution in [1.82, 2.24) is 0 Å². The molecule has 110 valence electrons. The van der Waals surface area contributed by atoms with Gasteiger partial charge in [-0.25, -0.2) is 9.18 Å². The molecule has 0 amide bonds. The minimum atomic E-state index is -0.986. The molecule has 0 heterocycles. The summed E-state index contributed by atoms with van der Waals surface area (Å²) in [6.45, 7) is 0.842. The number of halogens is 1. The van der Waals surface area contributed by atoms with Crippen molar-refractivity contribution in [3.05, 3.63) is 59.9 Å². The SMILES string of the molecule is O=C(O)c1cccc(OCCCOc2ccc(F)cc2)c1. The van der Waals surface area contributed by atoms with Crippen molar-refractivity contribution in [2.75, 3.05) is 13.2 Å². The van der Waals surface area contributed by atoms with Gasteiger partial charge >= 0.3 is 5.97 Å². The van der Waals surface area contributed by atoms with Gasteiger partial charge in [-0.1, -0.05) is 6.07 Å². The number of carbonyl (C=O) groups is 1. The number of carboxylic acids is 1. The first-order chi connectivity index (χ1) is 10.1. The molecule has 21 heavy (non-hydrogen) atoms. The maximum absolute atomic E-state index is 12.7. The highest BCUT2D eigenvalue weighted by molar-refractivity contribution is 5.87. The summed E-state index contributed by atoms with van der Waals surface area (Å²) in [7, 11) is 0.